The third kappa shape index (κ3) is 2.69. The second-order valence-electron chi connectivity index (χ2n) is 4.14. The van der Waals surface area contributed by atoms with Crippen molar-refractivity contribution in [2.45, 2.75) is 20.0 Å². The molecule has 1 aromatic heterocycles. The van der Waals surface area contributed by atoms with Gasteiger partial charge in [-0.25, -0.2) is 4.79 Å². The van der Waals surface area contributed by atoms with Crippen LogP contribution >= 0.6 is 22.9 Å². The molecule has 7 heteroatoms. The third-order valence-corrected chi connectivity index (χ3v) is 3.99. The molecule has 0 saturated carbocycles. The van der Waals surface area contributed by atoms with E-state index in [0.717, 1.165) is 11.3 Å². The fourth-order valence-electron chi connectivity index (χ4n) is 1.57. The van der Waals surface area contributed by atoms with Crippen LogP contribution in [0.15, 0.2) is 18.2 Å². The predicted molar refractivity (Wildman–Crippen MR) is 74.0 cm³/mol. The summed E-state index contributed by atoms with van der Waals surface area (Å²) < 4.78 is 5.67. The largest absolute Gasteiger partial charge is 0.459 e. The summed E-state index contributed by atoms with van der Waals surface area (Å²) in [6.07, 6.45) is -0.247. The van der Waals surface area contributed by atoms with Crippen LogP contribution in [0.5, 0.6) is 0 Å². The minimum atomic E-state index is -0.510. The highest BCUT2D eigenvalue weighted by molar-refractivity contribution is 7.21. The van der Waals surface area contributed by atoms with Crippen LogP contribution in [-0.4, -0.2) is 17.0 Å². The number of nitro benzene ring substituents is 1. The molecule has 2 rings (SSSR count). The lowest BCUT2D eigenvalue weighted by molar-refractivity contribution is -0.384. The summed E-state index contributed by atoms with van der Waals surface area (Å²) in [4.78, 5) is 22.3. The van der Waals surface area contributed by atoms with Gasteiger partial charge < -0.3 is 4.74 Å². The standard InChI is InChI=1S/C12H10ClNO4S/c1-6(2)18-12(15)11-10(13)8-4-3-7(14(16)17)5-9(8)19-11/h3-6H,1-2H3. The van der Waals surface area contributed by atoms with Crippen molar-refractivity contribution < 1.29 is 14.5 Å². The molecule has 0 aliphatic carbocycles. The van der Waals surface area contributed by atoms with Crippen LogP contribution < -0.4 is 0 Å². The molecule has 0 fully saturated rings. The maximum Gasteiger partial charge on any atom is 0.350 e. The number of nitro groups is 1. The Kier molecular flexibility index (Phi) is 3.73. The Labute approximate surface area is 117 Å². The van der Waals surface area contributed by atoms with Gasteiger partial charge >= 0.3 is 5.97 Å². The number of halogens is 1. The highest BCUT2D eigenvalue weighted by Crippen LogP contribution is 2.37. The van der Waals surface area contributed by atoms with E-state index in [1.807, 2.05) is 0 Å². The number of nitrogens with zero attached hydrogens (tertiary/aromatic N) is 1. The van der Waals surface area contributed by atoms with E-state index in [1.165, 1.54) is 12.1 Å². The van der Waals surface area contributed by atoms with Crippen LogP contribution in [0.4, 0.5) is 5.69 Å². The molecule has 0 atom stereocenters. The molecule has 0 aliphatic heterocycles. The van der Waals surface area contributed by atoms with Crippen molar-refractivity contribution in [3.63, 3.8) is 0 Å². The highest BCUT2D eigenvalue weighted by Gasteiger charge is 2.20. The maximum absolute atomic E-state index is 11.8. The van der Waals surface area contributed by atoms with E-state index >= 15 is 0 Å². The number of carbonyl (C=O) groups excluding carboxylic acids is 1. The normalized spacial score (nSPS) is 10.9. The van der Waals surface area contributed by atoms with Gasteiger partial charge in [0.05, 0.1) is 16.0 Å². The molecule has 1 heterocycles. The first-order chi connectivity index (χ1) is 8.90. The number of non-ortho nitro benzene ring substituents is 1. The van der Waals surface area contributed by atoms with E-state index in [1.54, 1.807) is 19.9 Å². The van der Waals surface area contributed by atoms with Crippen LogP contribution in [0.25, 0.3) is 10.1 Å². The molecule has 5 nitrogen and oxygen atoms in total. The molecular weight excluding hydrogens is 290 g/mol. The van der Waals surface area contributed by atoms with Crippen molar-refractivity contribution in [3.05, 3.63) is 38.2 Å². The van der Waals surface area contributed by atoms with Crippen molar-refractivity contribution in [2.75, 3.05) is 0 Å². The molecule has 0 saturated heterocycles. The van der Waals surface area contributed by atoms with Gasteiger partial charge in [0.15, 0.2) is 0 Å². The molecule has 0 aliphatic rings. The zero-order valence-electron chi connectivity index (χ0n) is 10.2. The number of ether oxygens (including phenoxy) is 1. The van der Waals surface area contributed by atoms with E-state index in [9.17, 15) is 14.9 Å². The van der Waals surface area contributed by atoms with Gasteiger partial charge in [0, 0.05) is 22.2 Å². The van der Waals surface area contributed by atoms with Crippen molar-refractivity contribution in [2.24, 2.45) is 0 Å². The van der Waals surface area contributed by atoms with Gasteiger partial charge in [-0.2, -0.15) is 0 Å². The lowest BCUT2D eigenvalue weighted by Crippen LogP contribution is -2.10. The van der Waals surface area contributed by atoms with Gasteiger partial charge in [-0.05, 0) is 19.9 Å². The van der Waals surface area contributed by atoms with Crippen LogP contribution in [0, 0.1) is 10.1 Å². The average molecular weight is 300 g/mol. The van der Waals surface area contributed by atoms with Gasteiger partial charge in [-0.3, -0.25) is 10.1 Å². The Morgan fingerprint density at radius 2 is 2.16 bits per heavy atom. The molecule has 0 bridgehead atoms. The lowest BCUT2D eigenvalue weighted by Gasteiger charge is -2.05. The Balaban J connectivity index is 2.50. The number of benzene rings is 1. The monoisotopic (exact) mass is 299 g/mol. The van der Waals surface area contributed by atoms with E-state index in [2.05, 4.69) is 0 Å². The minimum absolute atomic E-state index is 0.0332. The van der Waals surface area contributed by atoms with E-state index in [4.69, 9.17) is 16.3 Å². The molecule has 100 valence electrons. The summed E-state index contributed by atoms with van der Waals surface area (Å²) in [5, 5.41) is 11.6. The first kappa shape index (κ1) is 13.8. The lowest BCUT2D eigenvalue weighted by atomic mass is 10.2. The summed E-state index contributed by atoms with van der Waals surface area (Å²) in [6, 6.07) is 4.30. The summed E-state index contributed by atoms with van der Waals surface area (Å²) in [7, 11) is 0. The number of rotatable bonds is 3. The van der Waals surface area contributed by atoms with Gasteiger partial charge in [-0.15, -0.1) is 11.3 Å². The van der Waals surface area contributed by atoms with E-state index < -0.39 is 10.9 Å². The van der Waals surface area contributed by atoms with Crippen molar-refractivity contribution in [1.29, 1.82) is 0 Å². The number of thiophene rings is 1. The van der Waals surface area contributed by atoms with E-state index in [-0.39, 0.29) is 21.7 Å². The molecule has 0 radical (unpaired) electrons. The number of fused-ring (bicyclic) bond motifs is 1. The minimum Gasteiger partial charge on any atom is -0.459 e. The predicted octanol–water partition coefficient (Wildman–Crippen LogP) is 4.03. The average Bonchev–Trinajstić information content (AvgIpc) is 2.65. The third-order valence-electron chi connectivity index (χ3n) is 2.35. The Hall–Kier alpha value is -1.66. The Morgan fingerprint density at radius 1 is 1.47 bits per heavy atom. The first-order valence-electron chi connectivity index (χ1n) is 5.47. The van der Waals surface area contributed by atoms with Gasteiger partial charge in [0.2, 0.25) is 0 Å². The topological polar surface area (TPSA) is 69.4 Å². The molecule has 0 unspecified atom stereocenters. The van der Waals surface area contributed by atoms with Gasteiger partial charge in [-0.1, -0.05) is 11.6 Å². The number of esters is 1. The molecular formula is C12H10ClNO4S. The van der Waals surface area contributed by atoms with Gasteiger partial charge in [0.1, 0.15) is 4.88 Å². The van der Waals surface area contributed by atoms with Gasteiger partial charge in [0.25, 0.3) is 5.69 Å². The molecule has 0 spiro atoms. The molecule has 1 aromatic carbocycles. The number of hydrogen-bond donors (Lipinski definition) is 0. The smallest absolute Gasteiger partial charge is 0.350 e. The zero-order chi connectivity index (χ0) is 14.2. The van der Waals surface area contributed by atoms with Crippen molar-refractivity contribution in [1.82, 2.24) is 0 Å². The Bertz CT molecular complexity index is 665. The van der Waals surface area contributed by atoms with Crippen LogP contribution in [0.3, 0.4) is 0 Å². The molecule has 2 aromatic rings. The quantitative estimate of drug-likeness (QED) is 0.487. The molecule has 0 N–H and O–H groups in total. The van der Waals surface area contributed by atoms with Crippen molar-refractivity contribution in [3.8, 4) is 0 Å². The maximum atomic E-state index is 11.8. The zero-order valence-corrected chi connectivity index (χ0v) is 11.7. The fraction of sp³-hybridized carbons (Fsp3) is 0.250. The van der Waals surface area contributed by atoms with Crippen LogP contribution in [0.1, 0.15) is 23.5 Å². The summed E-state index contributed by atoms with van der Waals surface area (Å²) in [5.41, 5.74) is -0.0332. The number of hydrogen-bond acceptors (Lipinski definition) is 5. The van der Waals surface area contributed by atoms with E-state index in [0.29, 0.717) is 10.1 Å². The van der Waals surface area contributed by atoms with Crippen LogP contribution in [0.2, 0.25) is 5.02 Å². The Morgan fingerprint density at radius 3 is 2.74 bits per heavy atom. The summed E-state index contributed by atoms with van der Waals surface area (Å²) in [5.74, 6) is -0.510. The van der Waals surface area contributed by atoms with Crippen LogP contribution in [-0.2, 0) is 4.74 Å². The first-order valence-corrected chi connectivity index (χ1v) is 6.67. The number of carbonyl (C=O) groups is 1. The highest BCUT2D eigenvalue weighted by atomic mass is 35.5. The fourth-order valence-corrected chi connectivity index (χ4v) is 2.99. The molecule has 19 heavy (non-hydrogen) atoms. The van der Waals surface area contributed by atoms with Crippen molar-refractivity contribution >= 4 is 44.7 Å². The summed E-state index contributed by atoms with van der Waals surface area (Å²) >= 11 is 7.20. The second-order valence-corrected chi connectivity index (χ2v) is 5.57. The summed E-state index contributed by atoms with van der Waals surface area (Å²) in [6.45, 7) is 3.48. The molecule has 0 amide bonds. The SMILES string of the molecule is CC(C)OC(=O)c1sc2cc([N+](=O)[O-])ccc2c1Cl. The second kappa shape index (κ2) is 5.14.